The molecule has 0 spiro atoms. The van der Waals surface area contributed by atoms with Crippen LogP contribution in [0.25, 0.3) is 33.5 Å². The minimum absolute atomic E-state index is 0.229. The van der Waals surface area contributed by atoms with Crippen molar-refractivity contribution in [1.82, 2.24) is 4.98 Å². The lowest BCUT2D eigenvalue weighted by Gasteiger charge is -1.99. The molecular formula is C17H11NO3. The molecule has 0 N–H and O–H groups in total. The number of oxazole rings is 1. The number of aryl methyl sites for hydroxylation is 1. The van der Waals surface area contributed by atoms with Gasteiger partial charge in [0.1, 0.15) is 5.58 Å². The first-order valence-electron chi connectivity index (χ1n) is 6.62. The van der Waals surface area contributed by atoms with E-state index in [0.717, 1.165) is 16.5 Å². The molecule has 0 bridgehead atoms. The highest BCUT2D eigenvalue weighted by Gasteiger charge is 2.16. The van der Waals surface area contributed by atoms with Crippen molar-refractivity contribution in [2.45, 2.75) is 6.92 Å². The van der Waals surface area contributed by atoms with E-state index in [4.69, 9.17) is 8.83 Å². The van der Waals surface area contributed by atoms with E-state index in [1.165, 1.54) is 0 Å². The summed E-state index contributed by atoms with van der Waals surface area (Å²) in [6.07, 6.45) is 0. The van der Waals surface area contributed by atoms with Crippen LogP contribution < -0.4 is 5.63 Å². The van der Waals surface area contributed by atoms with Crippen LogP contribution in [0.15, 0.2) is 62.2 Å². The predicted octanol–water partition coefficient (Wildman–Crippen LogP) is 3.91. The Morgan fingerprint density at radius 3 is 2.57 bits per heavy atom. The number of hydrogen-bond donors (Lipinski definition) is 0. The highest BCUT2D eigenvalue weighted by molar-refractivity contribution is 5.99. The molecule has 0 aliphatic carbocycles. The van der Waals surface area contributed by atoms with Gasteiger partial charge in [0, 0.05) is 5.56 Å². The molecule has 0 amide bonds. The van der Waals surface area contributed by atoms with Gasteiger partial charge in [-0.15, -0.1) is 0 Å². The normalized spacial score (nSPS) is 11.3. The molecule has 0 fully saturated rings. The van der Waals surface area contributed by atoms with Crippen molar-refractivity contribution in [3.05, 3.63) is 64.5 Å². The van der Waals surface area contributed by atoms with Crippen LogP contribution in [-0.4, -0.2) is 4.98 Å². The quantitative estimate of drug-likeness (QED) is 0.495. The van der Waals surface area contributed by atoms with Gasteiger partial charge in [0.2, 0.25) is 5.89 Å². The zero-order valence-corrected chi connectivity index (χ0v) is 11.3. The van der Waals surface area contributed by atoms with E-state index in [1.807, 2.05) is 49.4 Å². The SMILES string of the molecule is Cc1ccccc1-c1nc2c(=O)oc3ccccc3c2o1. The van der Waals surface area contributed by atoms with Crippen LogP contribution >= 0.6 is 0 Å². The van der Waals surface area contributed by atoms with Gasteiger partial charge in [-0.1, -0.05) is 30.3 Å². The van der Waals surface area contributed by atoms with Crippen LogP contribution in [0.2, 0.25) is 0 Å². The number of hydrogen-bond acceptors (Lipinski definition) is 4. The van der Waals surface area contributed by atoms with Gasteiger partial charge in [0.25, 0.3) is 0 Å². The van der Waals surface area contributed by atoms with Gasteiger partial charge in [0.15, 0.2) is 11.1 Å². The lowest BCUT2D eigenvalue weighted by atomic mass is 10.1. The van der Waals surface area contributed by atoms with Crippen molar-refractivity contribution in [1.29, 1.82) is 0 Å². The maximum absolute atomic E-state index is 12.0. The first kappa shape index (κ1) is 11.9. The number of nitrogens with zero attached hydrogens (tertiary/aromatic N) is 1. The monoisotopic (exact) mass is 277 g/mol. The summed E-state index contributed by atoms with van der Waals surface area (Å²) >= 11 is 0. The summed E-state index contributed by atoms with van der Waals surface area (Å²) < 4.78 is 11.1. The lowest BCUT2D eigenvalue weighted by molar-refractivity contribution is 0.565. The van der Waals surface area contributed by atoms with E-state index in [-0.39, 0.29) is 5.52 Å². The smallest absolute Gasteiger partial charge is 0.366 e. The second-order valence-corrected chi connectivity index (χ2v) is 4.90. The molecule has 0 atom stereocenters. The maximum atomic E-state index is 12.0. The number of para-hydroxylation sites is 1. The molecule has 0 aliphatic heterocycles. The summed E-state index contributed by atoms with van der Waals surface area (Å²) in [4.78, 5) is 16.4. The topological polar surface area (TPSA) is 56.2 Å². The van der Waals surface area contributed by atoms with Crippen molar-refractivity contribution in [2.24, 2.45) is 0 Å². The second kappa shape index (κ2) is 4.31. The van der Waals surface area contributed by atoms with Gasteiger partial charge >= 0.3 is 5.63 Å². The van der Waals surface area contributed by atoms with E-state index in [1.54, 1.807) is 6.07 Å². The molecule has 4 rings (SSSR count). The number of rotatable bonds is 1. The summed E-state index contributed by atoms with van der Waals surface area (Å²) in [5.74, 6) is 0.437. The molecule has 2 aromatic carbocycles. The predicted molar refractivity (Wildman–Crippen MR) is 80.2 cm³/mol. The Morgan fingerprint density at radius 1 is 0.952 bits per heavy atom. The summed E-state index contributed by atoms with van der Waals surface area (Å²) in [5.41, 5.74) is 2.64. The third kappa shape index (κ3) is 1.76. The van der Waals surface area contributed by atoms with Crippen molar-refractivity contribution >= 4 is 22.1 Å². The average Bonchev–Trinajstić information content (AvgIpc) is 2.94. The Hall–Kier alpha value is -2.88. The van der Waals surface area contributed by atoms with Crippen LogP contribution in [0.5, 0.6) is 0 Å². The summed E-state index contributed by atoms with van der Waals surface area (Å²) in [7, 11) is 0. The van der Waals surface area contributed by atoms with Crippen LogP contribution in [-0.2, 0) is 0 Å². The van der Waals surface area contributed by atoms with E-state index in [0.29, 0.717) is 17.1 Å². The van der Waals surface area contributed by atoms with E-state index < -0.39 is 5.63 Å². The fraction of sp³-hybridized carbons (Fsp3) is 0.0588. The third-order valence-corrected chi connectivity index (χ3v) is 3.53. The molecule has 0 radical (unpaired) electrons. The fourth-order valence-electron chi connectivity index (χ4n) is 2.46. The molecular weight excluding hydrogens is 266 g/mol. The molecule has 21 heavy (non-hydrogen) atoms. The molecule has 0 aliphatic rings. The Morgan fingerprint density at radius 2 is 1.71 bits per heavy atom. The highest BCUT2D eigenvalue weighted by atomic mass is 16.4. The van der Waals surface area contributed by atoms with Gasteiger partial charge in [-0.3, -0.25) is 0 Å². The zero-order valence-electron chi connectivity index (χ0n) is 11.3. The van der Waals surface area contributed by atoms with Crippen molar-refractivity contribution in [2.75, 3.05) is 0 Å². The van der Waals surface area contributed by atoms with Gasteiger partial charge < -0.3 is 8.83 Å². The van der Waals surface area contributed by atoms with Gasteiger partial charge in [-0.25, -0.2) is 9.78 Å². The van der Waals surface area contributed by atoms with Crippen molar-refractivity contribution in [3.8, 4) is 11.5 Å². The van der Waals surface area contributed by atoms with Crippen LogP contribution in [0.4, 0.5) is 0 Å². The Bertz CT molecular complexity index is 1030. The van der Waals surface area contributed by atoms with Crippen molar-refractivity contribution in [3.63, 3.8) is 0 Å². The van der Waals surface area contributed by atoms with Gasteiger partial charge in [0.05, 0.1) is 5.39 Å². The molecule has 0 unspecified atom stereocenters. The van der Waals surface area contributed by atoms with E-state index in [2.05, 4.69) is 4.98 Å². The third-order valence-electron chi connectivity index (χ3n) is 3.53. The van der Waals surface area contributed by atoms with Crippen molar-refractivity contribution < 1.29 is 8.83 Å². The number of benzene rings is 2. The Labute approximate surface area is 119 Å². The first-order valence-corrected chi connectivity index (χ1v) is 6.62. The molecule has 4 heteroatoms. The second-order valence-electron chi connectivity index (χ2n) is 4.90. The maximum Gasteiger partial charge on any atom is 0.366 e. The summed E-state index contributed by atoms with van der Waals surface area (Å²) in [6.45, 7) is 1.98. The minimum Gasteiger partial charge on any atom is -0.435 e. The number of fused-ring (bicyclic) bond motifs is 3. The van der Waals surface area contributed by atoms with Crippen LogP contribution in [0, 0.1) is 6.92 Å². The lowest BCUT2D eigenvalue weighted by Crippen LogP contribution is -1.99. The summed E-state index contributed by atoms with van der Waals surface area (Å²) in [5, 5.41) is 0.749. The Balaban J connectivity index is 2.11. The Kier molecular flexibility index (Phi) is 2.44. The first-order chi connectivity index (χ1) is 10.2. The van der Waals surface area contributed by atoms with E-state index >= 15 is 0 Å². The molecule has 0 saturated carbocycles. The van der Waals surface area contributed by atoms with E-state index in [9.17, 15) is 4.79 Å². The molecule has 0 saturated heterocycles. The highest BCUT2D eigenvalue weighted by Crippen LogP contribution is 2.29. The molecule has 2 aromatic heterocycles. The summed E-state index contributed by atoms with van der Waals surface area (Å²) in [6, 6.07) is 15.0. The van der Waals surface area contributed by atoms with Gasteiger partial charge in [-0.05, 0) is 30.7 Å². The average molecular weight is 277 g/mol. The molecule has 102 valence electrons. The standard InChI is InChI=1S/C17H11NO3/c1-10-6-2-3-7-11(10)16-18-14-15(21-16)12-8-4-5-9-13(12)20-17(14)19/h2-9H,1H3. The fourth-order valence-corrected chi connectivity index (χ4v) is 2.46. The molecule has 4 aromatic rings. The zero-order chi connectivity index (χ0) is 14.4. The minimum atomic E-state index is -0.479. The number of aromatic nitrogens is 1. The largest absolute Gasteiger partial charge is 0.435 e. The molecule has 2 heterocycles. The van der Waals surface area contributed by atoms with Crippen LogP contribution in [0.3, 0.4) is 0 Å². The molecule has 4 nitrogen and oxygen atoms in total. The van der Waals surface area contributed by atoms with Crippen LogP contribution in [0.1, 0.15) is 5.56 Å². The van der Waals surface area contributed by atoms with Gasteiger partial charge in [-0.2, -0.15) is 0 Å².